The van der Waals surface area contributed by atoms with Crippen LogP contribution < -0.4 is 10.6 Å². The van der Waals surface area contributed by atoms with Crippen molar-refractivity contribution in [3.63, 3.8) is 0 Å². The average molecular weight is 206 g/mol. The molecule has 3 nitrogen and oxygen atoms in total. The Morgan fingerprint density at radius 2 is 2.27 bits per heavy atom. The van der Waals surface area contributed by atoms with E-state index in [1.54, 1.807) is 7.11 Å². The first-order valence-corrected chi connectivity index (χ1v) is 5.39. The number of nitrogens with two attached hydrogens (primary N) is 1. The lowest BCUT2D eigenvalue weighted by atomic mass is 10.1. The van der Waals surface area contributed by atoms with Crippen LogP contribution in [-0.4, -0.2) is 26.8 Å². The molecule has 1 heterocycles. The molecule has 1 aromatic carbocycles. The van der Waals surface area contributed by atoms with E-state index in [9.17, 15) is 0 Å². The fraction of sp³-hybridized carbons (Fsp3) is 0.500. The number of anilines is 2. The smallest absolute Gasteiger partial charge is 0.0600 e. The maximum Gasteiger partial charge on any atom is 0.0600 e. The van der Waals surface area contributed by atoms with Gasteiger partial charge in [-0.2, -0.15) is 0 Å². The Kier molecular flexibility index (Phi) is 3.11. The Balaban J connectivity index is 2.04. The highest BCUT2D eigenvalue weighted by Gasteiger charge is 2.23. The van der Waals surface area contributed by atoms with Gasteiger partial charge in [0, 0.05) is 26.1 Å². The largest absolute Gasteiger partial charge is 0.397 e. The molecule has 3 heteroatoms. The van der Waals surface area contributed by atoms with Crippen LogP contribution in [0.4, 0.5) is 11.4 Å². The van der Waals surface area contributed by atoms with Crippen LogP contribution in [0.15, 0.2) is 24.3 Å². The third-order valence-electron chi connectivity index (χ3n) is 2.97. The number of ether oxygens (including phenoxy) is 1. The summed E-state index contributed by atoms with van der Waals surface area (Å²) in [7, 11) is 1.76. The molecule has 1 saturated heterocycles. The summed E-state index contributed by atoms with van der Waals surface area (Å²) in [5, 5.41) is 0. The van der Waals surface area contributed by atoms with Gasteiger partial charge < -0.3 is 15.4 Å². The zero-order valence-corrected chi connectivity index (χ0v) is 9.15. The van der Waals surface area contributed by atoms with Gasteiger partial charge in [-0.1, -0.05) is 12.1 Å². The quantitative estimate of drug-likeness (QED) is 0.766. The van der Waals surface area contributed by atoms with Crippen LogP contribution in [0, 0.1) is 5.92 Å². The molecule has 0 amide bonds. The Labute approximate surface area is 90.8 Å². The SMILES string of the molecule is COC[C@@H]1CCN(c2ccccc2N)C1. The van der Waals surface area contributed by atoms with Gasteiger partial charge in [-0.15, -0.1) is 0 Å². The zero-order valence-electron chi connectivity index (χ0n) is 9.15. The maximum atomic E-state index is 5.95. The summed E-state index contributed by atoms with van der Waals surface area (Å²) < 4.78 is 5.18. The molecular weight excluding hydrogens is 188 g/mol. The van der Waals surface area contributed by atoms with Crippen LogP contribution in [0.1, 0.15) is 6.42 Å². The van der Waals surface area contributed by atoms with Crippen LogP contribution in [0.25, 0.3) is 0 Å². The first-order valence-electron chi connectivity index (χ1n) is 5.39. The van der Waals surface area contributed by atoms with Gasteiger partial charge in [-0.3, -0.25) is 0 Å². The predicted molar refractivity (Wildman–Crippen MR) is 63.1 cm³/mol. The summed E-state index contributed by atoms with van der Waals surface area (Å²) in [6, 6.07) is 8.06. The molecule has 2 rings (SSSR count). The van der Waals surface area contributed by atoms with Gasteiger partial charge in [-0.25, -0.2) is 0 Å². The minimum absolute atomic E-state index is 0.648. The van der Waals surface area contributed by atoms with E-state index in [1.165, 1.54) is 6.42 Å². The number of hydrogen-bond donors (Lipinski definition) is 1. The Hall–Kier alpha value is -1.22. The second-order valence-electron chi connectivity index (χ2n) is 4.11. The normalized spacial score (nSPS) is 20.9. The molecule has 2 N–H and O–H groups in total. The number of para-hydroxylation sites is 2. The van der Waals surface area contributed by atoms with Gasteiger partial charge in [0.05, 0.1) is 18.0 Å². The molecule has 0 aromatic heterocycles. The fourth-order valence-electron chi connectivity index (χ4n) is 2.20. The number of hydrogen-bond acceptors (Lipinski definition) is 3. The molecule has 15 heavy (non-hydrogen) atoms. The highest BCUT2D eigenvalue weighted by atomic mass is 16.5. The van der Waals surface area contributed by atoms with Crippen molar-refractivity contribution < 1.29 is 4.74 Å². The molecule has 0 saturated carbocycles. The van der Waals surface area contributed by atoms with Crippen LogP contribution in [0.5, 0.6) is 0 Å². The monoisotopic (exact) mass is 206 g/mol. The second-order valence-corrected chi connectivity index (χ2v) is 4.11. The molecule has 0 unspecified atom stereocenters. The first-order chi connectivity index (χ1) is 7.31. The molecule has 1 atom stereocenters. The number of methoxy groups -OCH3 is 1. The Morgan fingerprint density at radius 3 is 3.00 bits per heavy atom. The number of nitrogen functional groups attached to an aromatic ring is 1. The number of nitrogens with zero attached hydrogens (tertiary/aromatic N) is 1. The topological polar surface area (TPSA) is 38.5 Å². The van der Waals surface area contributed by atoms with E-state index < -0.39 is 0 Å². The minimum atomic E-state index is 0.648. The number of benzene rings is 1. The molecule has 0 spiro atoms. The fourth-order valence-corrected chi connectivity index (χ4v) is 2.20. The Morgan fingerprint density at radius 1 is 1.47 bits per heavy atom. The standard InChI is InChI=1S/C12H18N2O/c1-15-9-10-6-7-14(8-10)12-5-3-2-4-11(12)13/h2-5,10H,6-9,13H2,1H3/t10-/m1/s1. The van der Waals surface area contributed by atoms with Gasteiger partial charge in [0.1, 0.15) is 0 Å². The van der Waals surface area contributed by atoms with Crippen molar-refractivity contribution in [2.24, 2.45) is 5.92 Å². The third-order valence-corrected chi connectivity index (χ3v) is 2.97. The minimum Gasteiger partial charge on any atom is -0.397 e. The second kappa shape index (κ2) is 4.53. The van der Waals surface area contributed by atoms with Crippen molar-refractivity contribution in [1.82, 2.24) is 0 Å². The molecule has 0 bridgehead atoms. The Bertz CT molecular complexity index is 327. The van der Waals surface area contributed by atoms with Gasteiger partial charge in [0.15, 0.2) is 0 Å². The summed E-state index contributed by atoms with van der Waals surface area (Å²) in [5.41, 5.74) is 7.98. The summed E-state index contributed by atoms with van der Waals surface area (Å²) in [6.45, 7) is 2.99. The molecule has 1 fully saturated rings. The molecule has 1 aliphatic rings. The van der Waals surface area contributed by atoms with Crippen molar-refractivity contribution in [2.45, 2.75) is 6.42 Å². The highest BCUT2D eigenvalue weighted by Crippen LogP contribution is 2.28. The van der Waals surface area contributed by atoms with Crippen molar-refractivity contribution in [3.8, 4) is 0 Å². The van der Waals surface area contributed by atoms with Gasteiger partial charge >= 0.3 is 0 Å². The van der Waals surface area contributed by atoms with Crippen LogP contribution >= 0.6 is 0 Å². The molecule has 82 valence electrons. The zero-order chi connectivity index (χ0) is 10.7. The van der Waals surface area contributed by atoms with Crippen LogP contribution in [0.2, 0.25) is 0 Å². The predicted octanol–water partition coefficient (Wildman–Crippen LogP) is 1.74. The lowest BCUT2D eigenvalue weighted by Crippen LogP contribution is -2.21. The molecule has 0 radical (unpaired) electrons. The van der Waals surface area contributed by atoms with E-state index in [4.69, 9.17) is 10.5 Å². The highest BCUT2D eigenvalue weighted by molar-refractivity contribution is 5.67. The summed E-state index contributed by atoms with van der Waals surface area (Å²) in [6.07, 6.45) is 1.20. The molecule has 0 aliphatic carbocycles. The molecule has 1 aliphatic heterocycles. The van der Waals surface area contributed by atoms with E-state index >= 15 is 0 Å². The van der Waals surface area contributed by atoms with Crippen molar-refractivity contribution in [3.05, 3.63) is 24.3 Å². The summed E-state index contributed by atoms with van der Waals surface area (Å²) >= 11 is 0. The molecule has 1 aromatic rings. The van der Waals surface area contributed by atoms with E-state index in [0.717, 1.165) is 31.1 Å². The van der Waals surface area contributed by atoms with E-state index in [1.807, 2.05) is 18.2 Å². The van der Waals surface area contributed by atoms with Gasteiger partial charge in [-0.05, 0) is 18.6 Å². The summed E-state index contributed by atoms with van der Waals surface area (Å²) in [4.78, 5) is 2.35. The van der Waals surface area contributed by atoms with Crippen molar-refractivity contribution >= 4 is 11.4 Å². The third kappa shape index (κ3) is 2.23. The number of rotatable bonds is 3. The van der Waals surface area contributed by atoms with Crippen molar-refractivity contribution in [1.29, 1.82) is 0 Å². The lowest BCUT2D eigenvalue weighted by molar-refractivity contribution is 0.161. The van der Waals surface area contributed by atoms with Crippen molar-refractivity contribution in [2.75, 3.05) is 37.4 Å². The summed E-state index contributed by atoms with van der Waals surface area (Å²) in [5.74, 6) is 0.648. The van der Waals surface area contributed by atoms with E-state index in [-0.39, 0.29) is 0 Å². The molecular formula is C12H18N2O. The van der Waals surface area contributed by atoms with Gasteiger partial charge in [0.2, 0.25) is 0 Å². The maximum absolute atomic E-state index is 5.95. The van der Waals surface area contributed by atoms with Gasteiger partial charge in [0.25, 0.3) is 0 Å². The lowest BCUT2D eigenvalue weighted by Gasteiger charge is -2.20. The first kappa shape index (κ1) is 10.3. The van der Waals surface area contributed by atoms with E-state index in [0.29, 0.717) is 5.92 Å². The van der Waals surface area contributed by atoms with Crippen LogP contribution in [0.3, 0.4) is 0 Å². The van der Waals surface area contributed by atoms with Crippen LogP contribution in [-0.2, 0) is 4.74 Å². The average Bonchev–Trinajstić information content (AvgIpc) is 2.68. The van der Waals surface area contributed by atoms with E-state index in [2.05, 4.69) is 11.0 Å².